The molecule has 196 valence electrons. The summed E-state index contributed by atoms with van der Waals surface area (Å²) in [7, 11) is 4.31. The van der Waals surface area contributed by atoms with Crippen LogP contribution in [0.15, 0.2) is 42.7 Å². The summed E-state index contributed by atoms with van der Waals surface area (Å²) >= 11 is 0. The van der Waals surface area contributed by atoms with E-state index in [9.17, 15) is 4.79 Å². The molecule has 2 fully saturated rings. The van der Waals surface area contributed by atoms with Crippen LogP contribution in [0.4, 0.5) is 11.6 Å². The lowest BCUT2D eigenvalue weighted by Crippen LogP contribution is -2.49. The van der Waals surface area contributed by atoms with Gasteiger partial charge in [-0.3, -0.25) is 9.48 Å². The van der Waals surface area contributed by atoms with Gasteiger partial charge in [-0.05, 0) is 52.9 Å². The molecule has 2 aliphatic rings. The van der Waals surface area contributed by atoms with E-state index in [0.717, 1.165) is 73.2 Å². The summed E-state index contributed by atoms with van der Waals surface area (Å²) < 4.78 is 1.80. The van der Waals surface area contributed by atoms with Crippen LogP contribution in [0, 0.1) is 13.8 Å². The van der Waals surface area contributed by atoms with Crippen LogP contribution in [0.5, 0.6) is 0 Å². The van der Waals surface area contributed by atoms with E-state index in [1.165, 1.54) is 0 Å². The van der Waals surface area contributed by atoms with Gasteiger partial charge in [-0.15, -0.1) is 0 Å². The van der Waals surface area contributed by atoms with Crippen LogP contribution in [0.1, 0.15) is 24.2 Å². The molecule has 1 aromatic carbocycles. The van der Waals surface area contributed by atoms with Crippen LogP contribution < -0.4 is 9.80 Å². The van der Waals surface area contributed by atoms with E-state index >= 15 is 0 Å². The molecule has 0 spiro atoms. The number of nitrogens with zero attached hydrogens (tertiary/aromatic N) is 8. The largest absolute Gasteiger partial charge is 0.367 e. The molecule has 0 saturated carbocycles. The van der Waals surface area contributed by atoms with Crippen molar-refractivity contribution in [1.29, 1.82) is 0 Å². The third-order valence-electron chi connectivity index (χ3n) is 7.69. The average Bonchev–Trinajstić information content (AvgIpc) is 3.24. The second-order valence-electron chi connectivity index (χ2n) is 10.4. The number of hydrogen-bond donors (Lipinski definition) is 0. The number of amides is 1. The maximum absolute atomic E-state index is 12.9. The zero-order chi connectivity index (χ0) is 25.9. The van der Waals surface area contributed by atoms with E-state index in [1.54, 1.807) is 4.68 Å². The van der Waals surface area contributed by atoms with Crippen LogP contribution >= 0.6 is 0 Å². The highest BCUT2D eigenvalue weighted by Gasteiger charge is 2.25. The van der Waals surface area contributed by atoms with Gasteiger partial charge in [0.1, 0.15) is 6.54 Å². The lowest BCUT2D eigenvalue weighted by atomic mass is 10.0. The van der Waals surface area contributed by atoms with Gasteiger partial charge < -0.3 is 19.6 Å². The summed E-state index contributed by atoms with van der Waals surface area (Å²) in [5.41, 5.74) is 5.27. The van der Waals surface area contributed by atoms with E-state index in [0.29, 0.717) is 25.7 Å². The Labute approximate surface area is 219 Å². The monoisotopic (exact) mass is 502 g/mol. The molecule has 37 heavy (non-hydrogen) atoms. The summed E-state index contributed by atoms with van der Waals surface area (Å²) in [6.45, 7) is 9.20. The first-order valence-corrected chi connectivity index (χ1v) is 13.3. The molecule has 2 aromatic heterocycles. The minimum atomic E-state index is 0.123. The predicted molar refractivity (Wildman–Crippen MR) is 147 cm³/mol. The summed E-state index contributed by atoms with van der Waals surface area (Å²) in [6.07, 6.45) is 6.17. The summed E-state index contributed by atoms with van der Waals surface area (Å²) in [5.74, 6) is 0.936. The third kappa shape index (κ3) is 5.61. The van der Waals surface area contributed by atoms with Gasteiger partial charge in [-0.2, -0.15) is 5.10 Å². The molecule has 3 aromatic rings. The van der Waals surface area contributed by atoms with Crippen LogP contribution in [-0.2, 0) is 11.3 Å². The number of piperidine rings is 1. The molecule has 0 atom stereocenters. The van der Waals surface area contributed by atoms with Crippen molar-refractivity contribution in [1.82, 2.24) is 29.5 Å². The molecular formula is C28H38N8O. The van der Waals surface area contributed by atoms with Crippen LogP contribution in [0.25, 0.3) is 11.1 Å². The summed E-state index contributed by atoms with van der Waals surface area (Å²) in [4.78, 5) is 31.3. The van der Waals surface area contributed by atoms with Gasteiger partial charge in [0, 0.05) is 80.2 Å². The molecule has 0 aliphatic carbocycles. The van der Waals surface area contributed by atoms with Crippen molar-refractivity contribution < 1.29 is 4.79 Å². The number of carbonyl (C=O) groups is 1. The Balaban J connectivity index is 1.22. The van der Waals surface area contributed by atoms with Crippen LogP contribution in [-0.4, -0.2) is 94.9 Å². The molecule has 9 nitrogen and oxygen atoms in total. The Morgan fingerprint density at radius 2 is 1.62 bits per heavy atom. The maximum atomic E-state index is 12.9. The highest BCUT2D eigenvalue weighted by atomic mass is 16.2. The number of hydrogen-bond acceptors (Lipinski definition) is 7. The molecule has 4 heterocycles. The van der Waals surface area contributed by atoms with Crippen molar-refractivity contribution in [3.05, 3.63) is 54.1 Å². The van der Waals surface area contributed by atoms with Crippen molar-refractivity contribution in [2.24, 2.45) is 0 Å². The van der Waals surface area contributed by atoms with E-state index in [-0.39, 0.29) is 5.91 Å². The first-order valence-electron chi connectivity index (χ1n) is 13.3. The maximum Gasteiger partial charge on any atom is 0.244 e. The Morgan fingerprint density at radius 3 is 2.24 bits per heavy atom. The molecule has 5 rings (SSSR count). The van der Waals surface area contributed by atoms with Gasteiger partial charge >= 0.3 is 0 Å². The number of anilines is 2. The van der Waals surface area contributed by atoms with Gasteiger partial charge in [-0.1, -0.05) is 18.2 Å². The molecule has 0 radical (unpaired) electrons. The van der Waals surface area contributed by atoms with Crippen LogP contribution in [0.3, 0.4) is 0 Å². The van der Waals surface area contributed by atoms with E-state index < -0.39 is 0 Å². The van der Waals surface area contributed by atoms with Crippen molar-refractivity contribution in [2.45, 2.75) is 39.3 Å². The summed E-state index contributed by atoms with van der Waals surface area (Å²) in [6, 6.07) is 11.1. The highest BCUT2D eigenvalue weighted by molar-refractivity contribution is 5.79. The van der Waals surface area contributed by atoms with Crippen molar-refractivity contribution in [3.8, 4) is 11.1 Å². The minimum Gasteiger partial charge on any atom is -0.367 e. The van der Waals surface area contributed by atoms with Gasteiger partial charge in [-0.25, -0.2) is 9.97 Å². The Hall–Kier alpha value is -3.46. The predicted octanol–water partition coefficient (Wildman–Crippen LogP) is 2.84. The quantitative estimate of drug-likeness (QED) is 0.513. The number of piperazine rings is 1. The third-order valence-corrected chi connectivity index (χ3v) is 7.69. The Morgan fingerprint density at radius 1 is 0.946 bits per heavy atom. The second kappa shape index (κ2) is 10.9. The standard InChI is InChI=1S/C28H38N8O/c1-21-17-22(2)36(31-21)20-27(37)34-15-13-33(14-16-34)26-8-6-5-7-25(26)23-18-29-28(30-19-23)35-11-9-24(10-12-35)32(3)4/h5-8,17-19,24H,9-16,20H2,1-4H3. The van der Waals surface area contributed by atoms with Gasteiger partial charge in [0.25, 0.3) is 0 Å². The first-order chi connectivity index (χ1) is 17.9. The zero-order valence-corrected chi connectivity index (χ0v) is 22.5. The van der Waals surface area contributed by atoms with E-state index in [4.69, 9.17) is 9.97 Å². The lowest BCUT2D eigenvalue weighted by molar-refractivity contribution is -0.132. The molecular weight excluding hydrogens is 464 g/mol. The van der Waals surface area contributed by atoms with Gasteiger partial charge in [0.05, 0.1) is 5.69 Å². The van der Waals surface area contributed by atoms with Crippen molar-refractivity contribution in [3.63, 3.8) is 0 Å². The number of para-hydroxylation sites is 1. The fourth-order valence-electron chi connectivity index (χ4n) is 5.46. The first kappa shape index (κ1) is 25.2. The second-order valence-corrected chi connectivity index (χ2v) is 10.4. The number of rotatable bonds is 6. The molecule has 2 aliphatic heterocycles. The molecule has 0 unspecified atom stereocenters. The zero-order valence-electron chi connectivity index (χ0n) is 22.5. The normalized spacial score (nSPS) is 17.1. The van der Waals surface area contributed by atoms with Gasteiger partial charge in [0.2, 0.25) is 11.9 Å². The Kier molecular flexibility index (Phi) is 7.41. The number of benzene rings is 1. The minimum absolute atomic E-state index is 0.123. The van der Waals surface area contributed by atoms with E-state index in [2.05, 4.69) is 58.2 Å². The number of aromatic nitrogens is 4. The van der Waals surface area contributed by atoms with Gasteiger partial charge in [0.15, 0.2) is 0 Å². The van der Waals surface area contributed by atoms with Crippen molar-refractivity contribution in [2.75, 3.05) is 63.2 Å². The van der Waals surface area contributed by atoms with Crippen LogP contribution in [0.2, 0.25) is 0 Å². The van der Waals surface area contributed by atoms with E-state index in [1.807, 2.05) is 37.2 Å². The molecule has 0 bridgehead atoms. The van der Waals surface area contributed by atoms with Crippen molar-refractivity contribution >= 4 is 17.5 Å². The number of aryl methyl sites for hydroxylation is 2. The lowest BCUT2D eigenvalue weighted by Gasteiger charge is -2.37. The molecule has 9 heteroatoms. The smallest absolute Gasteiger partial charge is 0.244 e. The topological polar surface area (TPSA) is 73.6 Å². The fraction of sp³-hybridized carbons (Fsp3) is 0.500. The molecule has 0 N–H and O–H groups in total. The SMILES string of the molecule is Cc1cc(C)n(CC(=O)N2CCN(c3ccccc3-c3cnc(N4CCC(N(C)C)CC4)nc3)CC2)n1. The Bertz CT molecular complexity index is 1210. The molecule has 2 saturated heterocycles. The highest BCUT2D eigenvalue weighted by Crippen LogP contribution is 2.31. The fourth-order valence-corrected chi connectivity index (χ4v) is 5.46. The molecule has 1 amide bonds. The number of carbonyl (C=O) groups excluding carboxylic acids is 1. The summed E-state index contributed by atoms with van der Waals surface area (Å²) in [5, 5.41) is 4.44. The average molecular weight is 503 g/mol.